The summed E-state index contributed by atoms with van der Waals surface area (Å²) in [5.74, 6) is 0. The third-order valence-corrected chi connectivity index (χ3v) is 2.30. The monoisotopic (exact) mass is 223 g/mol. The lowest BCUT2D eigenvalue weighted by Crippen LogP contribution is -2.42. The molecule has 0 aliphatic heterocycles. The first-order valence-electron chi connectivity index (χ1n) is 5.10. The highest BCUT2D eigenvalue weighted by atomic mass is 32.1. The first kappa shape index (κ1) is 11.8. The zero-order valence-corrected chi connectivity index (χ0v) is 9.90. The summed E-state index contributed by atoms with van der Waals surface area (Å²) in [6.07, 6.45) is 1.05. The summed E-state index contributed by atoms with van der Waals surface area (Å²) in [6.45, 7) is 4.21. The molecular formula is C11H17N3S. The van der Waals surface area contributed by atoms with Crippen LogP contribution in [0, 0.1) is 0 Å². The van der Waals surface area contributed by atoms with Crippen molar-refractivity contribution in [1.82, 2.24) is 10.7 Å². The molecule has 3 nitrogen and oxygen atoms in total. The summed E-state index contributed by atoms with van der Waals surface area (Å²) >= 11 is 5.11. The van der Waals surface area contributed by atoms with E-state index in [-0.39, 0.29) is 0 Å². The molecule has 4 heteroatoms. The molecule has 0 aliphatic carbocycles. The third kappa shape index (κ3) is 4.65. The van der Waals surface area contributed by atoms with Crippen molar-refractivity contribution in [2.24, 2.45) is 0 Å². The van der Waals surface area contributed by atoms with Gasteiger partial charge in [-0.15, -0.1) is 0 Å². The number of rotatable bonds is 4. The molecule has 1 atom stereocenters. The Labute approximate surface area is 96.2 Å². The smallest absolute Gasteiger partial charge is 0.185 e. The van der Waals surface area contributed by atoms with Crippen molar-refractivity contribution in [2.45, 2.75) is 26.3 Å². The molecule has 0 spiro atoms. The Balaban J connectivity index is 2.29. The van der Waals surface area contributed by atoms with Crippen molar-refractivity contribution < 1.29 is 0 Å². The van der Waals surface area contributed by atoms with Crippen LogP contribution in [0.3, 0.4) is 0 Å². The SMILES string of the molecule is CCC(C)NC(=S)NNc1ccccc1. The van der Waals surface area contributed by atoms with E-state index in [0.717, 1.165) is 12.1 Å². The predicted octanol–water partition coefficient (Wildman–Crippen LogP) is 2.28. The highest BCUT2D eigenvalue weighted by Crippen LogP contribution is 2.02. The van der Waals surface area contributed by atoms with E-state index in [1.807, 2.05) is 30.3 Å². The molecule has 3 N–H and O–H groups in total. The number of hydrogen-bond donors (Lipinski definition) is 3. The maximum atomic E-state index is 5.11. The number of benzene rings is 1. The van der Waals surface area contributed by atoms with Crippen molar-refractivity contribution in [1.29, 1.82) is 0 Å². The van der Waals surface area contributed by atoms with Crippen LogP contribution in [0.2, 0.25) is 0 Å². The number of nitrogens with one attached hydrogen (secondary N) is 3. The topological polar surface area (TPSA) is 36.1 Å². The largest absolute Gasteiger partial charge is 0.359 e. The molecule has 1 rings (SSSR count). The Kier molecular flexibility index (Phi) is 4.90. The van der Waals surface area contributed by atoms with Gasteiger partial charge in [-0.25, -0.2) is 0 Å². The van der Waals surface area contributed by atoms with Crippen LogP contribution in [0.4, 0.5) is 5.69 Å². The average Bonchev–Trinajstić information content (AvgIpc) is 2.27. The molecule has 0 bridgehead atoms. The van der Waals surface area contributed by atoms with Crippen LogP contribution in [0.25, 0.3) is 0 Å². The van der Waals surface area contributed by atoms with Gasteiger partial charge in [0.05, 0.1) is 5.69 Å². The van der Waals surface area contributed by atoms with Crippen molar-refractivity contribution in [3.05, 3.63) is 30.3 Å². The van der Waals surface area contributed by atoms with E-state index in [4.69, 9.17) is 12.2 Å². The molecule has 1 aromatic carbocycles. The van der Waals surface area contributed by atoms with Crippen molar-refractivity contribution in [3.63, 3.8) is 0 Å². The van der Waals surface area contributed by atoms with Crippen LogP contribution in [0.5, 0.6) is 0 Å². The number of anilines is 1. The maximum Gasteiger partial charge on any atom is 0.185 e. The number of thiocarbonyl (C=S) groups is 1. The summed E-state index contributed by atoms with van der Waals surface area (Å²) in [4.78, 5) is 0. The van der Waals surface area contributed by atoms with E-state index in [9.17, 15) is 0 Å². The van der Waals surface area contributed by atoms with E-state index >= 15 is 0 Å². The van der Waals surface area contributed by atoms with Crippen LogP contribution >= 0.6 is 12.2 Å². The molecule has 0 aliphatic rings. The second-order valence-corrected chi connectivity index (χ2v) is 3.81. The van der Waals surface area contributed by atoms with Gasteiger partial charge >= 0.3 is 0 Å². The van der Waals surface area contributed by atoms with Crippen LogP contribution in [0.15, 0.2) is 30.3 Å². The van der Waals surface area contributed by atoms with E-state index in [0.29, 0.717) is 11.2 Å². The minimum absolute atomic E-state index is 0.391. The van der Waals surface area contributed by atoms with Gasteiger partial charge in [0, 0.05) is 6.04 Å². The standard InChI is InChI=1S/C11H17N3S/c1-3-9(2)12-11(15)14-13-10-7-5-4-6-8-10/h4-9,13H,3H2,1-2H3,(H2,12,14,15). The predicted molar refractivity (Wildman–Crippen MR) is 68.7 cm³/mol. The van der Waals surface area contributed by atoms with E-state index in [2.05, 4.69) is 30.0 Å². The van der Waals surface area contributed by atoms with E-state index in [1.165, 1.54) is 0 Å². The van der Waals surface area contributed by atoms with Gasteiger partial charge in [-0.05, 0) is 37.7 Å². The first-order chi connectivity index (χ1) is 7.22. The summed E-state index contributed by atoms with van der Waals surface area (Å²) in [5, 5.41) is 3.78. The van der Waals surface area contributed by atoms with Crippen molar-refractivity contribution in [2.75, 3.05) is 5.43 Å². The Hall–Kier alpha value is -1.29. The van der Waals surface area contributed by atoms with Gasteiger partial charge in [-0.2, -0.15) is 0 Å². The summed E-state index contributed by atoms with van der Waals surface area (Å²) in [6, 6.07) is 10.2. The van der Waals surface area contributed by atoms with Gasteiger partial charge < -0.3 is 5.32 Å². The van der Waals surface area contributed by atoms with Gasteiger partial charge in [0.15, 0.2) is 5.11 Å². The Morgan fingerprint density at radius 1 is 1.33 bits per heavy atom. The number of hydrazine groups is 1. The second kappa shape index (κ2) is 6.24. The molecule has 0 radical (unpaired) electrons. The quantitative estimate of drug-likeness (QED) is 0.540. The first-order valence-corrected chi connectivity index (χ1v) is 5.50. The van der Waals surface area contributed by atoms with E-state index in [1.54, 1.807) is 0 Å². The molecule has 1 aromatic rings. The second-order valence-electron chi connectivity index (χ2n) is 3.40. The zero-order chi connectivity index (χ0) is 11.1. The Morgan fingerprint density at radius 3 is 2.60 bits per heavy atom. The fourth-order valence-electron chi connectivity index (χ4n) is 1.01. The minimum Gasteiger partial charge on any atom is -0.359 e. The maximum absolute atomic E-state index is 5.11. The summed E-state index contributed by atoms with van der Waals surface area (Å²) in [5.41, 5.74) is 6.95. The molecular weight excluding hydrogens is 206 g/mol. The molecule has 0 aromatic heterocycles. The van der Waals surface area contributed by atoms with Gasteiger partial charge in [-0.3, -0.25) is 10.9 Å². The zero-order valence-electron chi connectivity index (χ0n) is 9.08. The molecule has 1 unspecified atom stereocenters. The highest BCUT2D eigenvalue weighted by Gasteiger charge is 1.99. The minimum atomic E-state index is 0.391. The van der Waals surface area contributed by atoms with Crippen LogP contribution in [-0.2, 0) is 0 Å². The number of para-hydroxylation sites is 1. The van der Waals surface area contributed by atoms with Crippen LogP contribution in [0.1, 0.15) is 20.3 Å². The molecule has 0 saturated heterocycles. The molecule has 82 valence electrons. The third-order valence-electron chi connectivity index (χ3n) is 2.08. The number of hydrogen-bond acceptors (Lipinski definition) is 2. The van der Waals surface area contributed by atoms with Crippen LogP contribution < -0.4 is 16.2 Å². The molecule has 0 fully saturated rings. The van der Waals surface area contributed by atoms with Gasteiger partial charge in [0.2, 0.25) is 0 Å². The Bertz CT molecular complexity index is 300. The van der Waals surface area contributed by atoms with Crippen LogP contribution in [-0.4, -0.2) is 11.2 Å². The molecule has 0 saturated carbocycles. The van der Waals surface area contributed by atoms with Gasteiger partial charge in [0.1, 0.15) is 0 Å². The lowest BCUT2D eigenvalue weighted by molar-refractivity contribution is 0.637. The molecule has 0 amide bonds. The highest BCUT2D eigenvalue weighted by molar-refractivity contribution is 7.80. The Morgan fingerprint density at radius 2 is 2.00 bits per heavy atom. The lowest BCUT2D eigenvalue weighted by atomic mass is 10.3. The summed E-state index contributed by atoms with van der Waals surface area (Å²) in [7, 11) is 0. The van der Waals surface area contributed by atoms with Gasteiger partial charge in [-0.1, -0.05) is 25.1 Å². The fraction of sp³-hybridized carbons (Fsp3) is 0.364. The average molecular weight is 223 g/mol. The van der Waals surface area contributed by atoms with Gasteiger partial charge in [0.25, 0.3) is 0 Å². The fourth-order valence-corrected chi connectivity index (χ4v) is 1.26. The van der Waals surface area contributed by atoms with Crippen molar-refractivity contribution in [3.8, 4) is 0 Å². The molecule has 0 heterocycles. The normalized spacial score (nSPS) is 11.6. The lowest BCUT2D eigenvalue weighted by Gasteiger charge is -2.16. The van der Waals surface area contributed by atoms with Crippen molar-refractivity contribution >= 4 is 23.0 Å². The summed E-state index contributed by atoms with van der Waals surface area (Å²) < 4.78 is 0. The van der Waals surface area contributed by atoms with E-state index < -0.39 is 0 Å². The molecule has 15 heavy (non-hydrogen) atoms.